The number of aromatic carboxylic acids is 1. The van der Waals surface area contributed by atoms with Crippen molar-refractivity contribution in [3.05, 3.63) is 70.8 Å². The minimum Gasteiger partial charge on any atom is -0.478 e. The van der Waals surface area contributed by atoms with E-state index in [0.29, 0.717) is 12.1 Å². The van der Waals surface area contributed by atoms with Crippen LogP contribution >= 0.6 is 0 Å². The number of hydrogen-bond acceptors (Lipinski definition) is 2. The standard InChI is InChI=1S/C20H21NO2/c1-20(2)11-3-4-16-12-17(9-10-18(16)20)21-13-14-5-7-15(8-6-14)19(22)23/h3-10,12,21H,11,13H2,1-2H3,(H,22,23). The highest BCUT2D eigenvalue weighted by Gasteiger charge is 2.24. The lowest BCUT2D eigenvalue weighted by molar-refractivity contribution is 0.0697. The molecular formula is C20H21NO2. The van der Waals surface area contributed by atoms with Gasteiger partial charge in [-0.25, -0.2) is 4.79 Å². The summed E-state index contributed by atoms with van der Waals surface area (Å²) in [5, 5.41) is 12.3. The molecule has 0 aliphatic heterocycles. The van der Waals surface area contributed by atoms with Crippen molar-refractivity contribution in [3.63, 3.8) is 0 Å². The summed E-state index contributed by atoms with van der Waals surface area (Å²) in [6.45, 7) is 5.21. The Morgan fingerprint density at radius 2 is 1.91 bits per heavy atom. The highest BCUT2D eigenvalue weighted by atomic mass is 16.4. The Kier molecular flexibility index (Phi) is 3.95. The smallest absolute Gasteiger partial charge is 0.335 e. The molecule has 3 nitrogen and oxygen atoms in total. The van der Waals surface area contributed by atoms with E-state index >= 15 is 0 Å². The van der Waals surface area contributed by atoms with Crippen LogP contribution in [0, 0.1) is 0 Å². The lowest BCUT2D eigenvalue weighted by atomic mass is 9.76. The van der Waals surface area contributed by atoms with Gasteiger partial charge in [0.2, 0.25) is 0 Å². The first-order valence-electron chi connectivity index (χ1n) is 7.83. The van der Waals surface area contributed by atoms with Crippen molar-refractivity contribution >= 4 is 17.7 Å². The molecule has 3 heteroatoms. The van der Waals surface area contributed by atoms with Gasteiger partial charge in [0.05, 0.1) is 5.56 Å². The fourth-order valence-electron chi connectivity index (χ4n) is 2.99. The van der Waals surface area contributed by atoms with E-state index in [-0.39, 0.29) is 5.41 Å². The summed E-state index contributed by atoms with van der Waals surface area (Å²) >= 11 is 0. The predicted molar refractivity (Wildman–Crippen MR) is 93.8 cm³/mol. The quantitative estimate of drug-likeness (QED) is 0.861. The number of carboxylic acids is 1. The molecule has 2 aromatic carbocycles. The molecule has 0 spiro atoms. The molecular weight excluding hydrogens is 286 g/mol. The number of carboxylic acid groups (broad SMARTS) is 1. The zero-order chi connectivity index (χ0) is 16.4. The number of rotatable bonds is 4. The molecule has 0 amide bonds. The van der Waals surface area contributed by atoms with E-state index in [4.69, 9.17) is 5.11 Å². The molecule has 0 atom stereocenters. The van der Waals surface area contributed by atoms with Crippen LogP contribution in [0.4, 0.5) is 5.69 Å². The van der Waals surface area contributed by atoms with Gasteiger partial charge in [-0.15, -0.1) is 0 Å². The molecule has 1 aliphatic carbocycles. The minimum absolute atomic E-state index is 0.190. The van der Waals surface area contributed by atoms with Gasteiger partial charge in [-0.3, -0.25) is 0 Å². The molecule has 1 aliphatic rings. The van der Waals surface area contributed by atoms with Crippen molar-refractivity contribution in [2.24, 2.45) is 0 Å². The average molecular weight is 307 g/mol. The number of fused-ring (bicyclic) bond motifs is 1. The molecule has 2 aromatic rings. The molecule has 23 heavy (non-hydrogen) atoms. The molecule has 0 heterocycles. The third kappa shape index (κ3) is 3.29. The molecule has 0 fully saturated rings. The van der Waals surface area contributed by atoms with Crippen molar-refractivity contribution in [2.45, 2.75) is 32.2 Å². The molecule has 3 rings (SSSR count). The van der Waals surface area contributed by atoms with Crippen LogP contribution in [0.3, 0.4) is 0 Å². The molecule has 0 unspecified atom stereocenters. The highest BCUT2D eigenvalue weighted by Crippen LogP contribution is 2.36. The van der Waals surface area contributed by atoms with Gasteiger partial charge < -0.3 is 10.4 Å². The predicted octanol–water partition coefficient (Wildman–Crippen LogP) is 4.69. The summed E-state index contributed by atoms with van der Waals surface area (Å²) in [4.78, 5) is 10.9. The van der Waals surface area contributed by atoms with E-state index in [1.54, 1.807) is 12.1 Å². The van der Waals surface area contributed by atoms with Gasteiger partial charge in [0.15, 0.2) is 0 Å². The summed E-state index contributed by atoms with van der Waals surface area (Å²) in [7, 11) is 0. The first kappa shape index (κ1) is 15.3. The lowest BCUT2D eigenvalue weighted by Gasteiger charge is -2.29. The van der Waals surface area contributed by atoms with Gasteiger partial charge >= 0.3 is 5.97 Å². The Morgan fingerprint density at radius 1 is 1.17 bits per heavy atom. The SMILES string of the molecule is CC1(C)CC=Cc2cc(NCc3ccc(C(=O)O)cc3)ccc21. The summed E-state index contributed by atoms with van der Waals surface area (Å²) in [6, 6.07) is 13.5. The Bertz CT molecular complexity index is 758. The summed E-state index contributed by atoms with van der Waals surface area (Å²) in [5.74, 6) is -0.895. The summed E-state index contributed by atoms with van der Waals surface area (Å²) in [6.07, 6.45) is 5.49. The van der Waals surface area contributed by atoms with Gasteiger partial charge in [-0.05, 0) is 52.8 Å². The second kappa shape index (κ2) is 5.92. The van der Waals surface area contributed by atoms with E-state index in [1.807, 2.05) is 12.1 Å². The van der Waals surface area contributed by atoms with Gasteiger partial charge in [0.25, 0.3) is 0 Å². The monoisotopic (exact) mass is 307 g/mol. The average Bonchev–Trinajstić information content (AvgIpc) is 2.53. The van der Waals surface area contributed by atoms with Crippen molar-refractivity contribution in [1.82, 2.24) is 0 Å². The minimum atomic E-state index is -0.895. The third-order valence-corrected chi connectivity index (χ3v) is 4.40. The first-order chi connectivity index (χ1) is 11.0. The third-order valence-electron chi connectivity index (χ3n) is 4.40. The lowest BCUT2D eigenvalue weighted by Crippen LogP contribution is -2.19. The van der Waals surface area contributed by atoms with Crippen LogP contribution in [0.25, 0.3) is 6.08 Å². The van der Waals surface area contributed by atoms with Crippen LogP contribution in [-0.4, -0.2) is 11.1 Å². The fraction of sp³-hybridized carbons (Fsp3) is 0.250. The number of carbonyl (C=O) groups is 1. The van der Waals surface area contributed by atoms with Gasteiger partial charge in [0.1, 0.15) is 0 Å². The van der Waals surface area contributed by atoms with Gasteiger partial charge in [0, 0.05) is 12.2 Å². The van der Waals surface area contributed by atoms with E-state index in [1.165, 1.54) is 11.1 Å². The maximum absolute atomic E-state index is 10.9. The Hall–Kier alpha value is -2.55. The number of allylic oxidation sites excluding steroid dienone is 1. The second-order valence-corrected chi connectivity index (χ2v) is 6.65. The zero-order valence-electron chi connectivity index (χ0n) is 13.5. The largest absolute Gasteiger partial charge is 0.478 e. The van der Waals surface area contributed by atoms with Crippen molar-refractivity contribution < 1.29 is 9.90 Å². The molecule has 2 N–H and O–H groups in total. The van der Waals surface area contributed by atoms with Crippen molar-refractivity contribution in [2.75, 3.05) is 5.32 Å². The van der Waals surface area contributed by atoms with E-state index < -0.39 is 5.97 Å². The topological polar surface area (TPSA) is 49.3 Å². The van der Waals surface area contributed by atoms with Crippen LogP contribution in [0.1, 0.15) is 47.3 Å². The fourth-order valence-corrected chi connectivity index (χ4v) is 2.99. The normalized spacial score (nSPS) is 15.0. The van der Waals surface area contributed by atoms with Crippen LogP contribution < -0.4 is 5.32 Å². The molecule has 0 saturated heterocycles. The number of nitrogens with one attached hydrogen (secondary N) is 1. The first-order valence-corrected chi connectivity index (χ1v) is 7.83. The molecule has 0 radical (unpaired) electrons. The van der Waals surface area contributed by atoms with Gasteiger partial charge in [-0.1, -0.05) is 44.2 Å². The van der Waals surface area contributed by atoms with Crippen LogP contribution in [-0.2, 0) is 12.0 Å². The van der Waals surface area contributed by atoms with E-state index in [2.05, 4.69) is 49.5 Å². The zero-order valence-corrected chi connectivity index (χ0v) is 13.5. The second-order valence-electron chi connectivity index (χ2n) is 6.65. The Morgan fingerprint density at radius 3 is 2.61 bits per heavy atom. The van der Waals surface area contributed by atoms with Crippen molar-refractivity contribution in [3.8, 4) is 0 Å². The van der Waals surface area contributed by atoms with Gasteiger partial charge in [-0.2, -0.15) is 0 Å². The van der Waals surface area contributed by atoms with E-state index in [9.17, 15) is 4.79 Å². The molecule has 0 aromatic heterocycles. The maximum atomic E-state index is 10.9. The summed E-state index contributed by atoms with van der Waals surface area (Å²) < 4.78 is 0. The van der Waals surface area contributed by atoms with Crippen LogP contribution in [0.5, 0.6) is 0 Å². The van der Waals surface area contributed by atoms with E-state index in [0.717, 1.165) is 17.7 Å². The number of benzene rings is 2. The van der Waals surface area contributed by atoms with Crippen LogP contribution in [0.15, 0.2) is 48.5 Å². The maximum Gasteiger partial charge on any atom is 0.335 e. The molecule has 118 valence electrons. The summed E-state index contributed by atoms with van der Waals surface area (Å²) in [5.41, 5.74) is 5.30. The highest BCUT2D eigenvalue weighted by molar-refractivity contribution is 5.87. The number of hydrogen-bond donors (Lipinski definition) is 2. The molecule has 0 saturated carbocycles. The van der Waals surface area contributed by atoms with Crippen molar-refractivity contribution in [1.29, 1.82) is 0 Å². The number of anilines is 1. The molecule has 0 bridgehead atoms. The van der Waals surface area contributed by atoms with Crippen LogP contribution in [0.2, 0.25) is 0 Å². The Balaban J connectivity index is 1.72. The Labute approximate surface area is 136 Å².